The number of amides is 1. The molecule has 0 saturated heterocycles. The summed E-state index contributed by atoms with van der Waals surface area (Å²) >= 11 is 5.89. The third-order valence-corrected chi connectivity index (χ3v) is 5.64. The second-order valence-corrected chi connectivity index (χ2v) is 8.03. The van der Waals surface area contributed by atoms with Crippen molar-refractivity contribution in [3.8, 4) is 11.3 Å². The second kappa shape index (κ2) is 8.94. The Kier molecular flexibility index (Phi) is 6.18. The molecule has 0 N–H and O–H groups in total. The molecule has 11 heteroatoms. The Balaban J connectivity index is 1.73. The van der Waals surface area contributed by atoms with Crippen molar-refractivity contribution < 1.29 is 22.5 Å². The molecule has 2 aromatic heterocycles. The van der Waals surface area contributed by atoms with Crippen molar-refractivity contribution in [3.05, 3.63) is 70.8 Å². The average Bonchev–Trinajstić information content (AvgIpc) is 3.43. The highest BCUT2D eigenvalue weighted by molar-refractivity contribution is 6.31. The van der Waals surface area contributed by atoms with E-state index in [1.807, 2.05) is 19.9 Å². The van der Waals surface area contributed by atoms with Gasteiger partial charge in [-0.1, -0.05) is 28.9 Å². The molecule has 0 saturated carbocycles. The van der Waals surface area contributed by atoms with Crippen molar-refractivity contribution in [3.63, 3.8) is 0 Å². The highest BCUT2D eigenvalue weighted by Gasteiger charge is 2.37. The standard InChI is InChI=1S/C23H19ClF3N5O2/c1-4-5-14(10-28-3)19-9-20(34-30-19)16-11-29-32-13(2)12-31(22(33)21(16)32)15-6-7-17(18(24)8-15)23(25,26)27/h4-11,13H,3,12H2,1-2H3/b5-4-,14-10+/t13-/m0/s1. The van der Waals surface area contributed by atoms with Crippen molar-refractivity contribution in [2.75, 3.05) is 11.4 Å². The van der Waals surface area contributed by atoms with Crippen LogP contribution in [0, 0.1) is 0 Å². The molecule has 1 aliphatic rings. The molecule has 1 amide bonds. The quantitative estimate of drug-likeness (QED) is 0.323. The van der Waals surface area contributed by atoms with E-state index in [0.717, 1.165) is 12.1 Å². The van der Waals surface area contributed by atoms with Gasteiger partial charge in [-0.15, -0.1) is 0 Å². The number of fused-ring (bicyclic) bond motifs is 1. The third kappa shape index (κ3) is 4.16. The van der Waals surface area contributed by atoms with Crippen molar-refractivity contribution in [2.24, 2.45) is 4.99 Å². The highest BCUT2D eigenvalue weighted by Crippen LogP contribution is 2.39. The first-order valence-electron chi connectivity index (χ1n) is 10.2. The van der Waals surface area contributed by atoms with Crippen LogP contribution in [-0.4, -0.2) is 34.1 Å². The Hall–Kier alpha value is -3.66. The zero-order valence-corrected chi connectivity index (χ0v) is 18.9. The molecule has 1 aliphatic heterocycles. The number of aliphatic imine (C=N–C) groups is 1. The summed E-state index contributed by atoms with van der Waals surface area (Å²) in [6.07, 6.45) is 2.03. The first-order chi connectivity index (χ1) is 16.2. The minimum Gasteiger partial charge on any atom is -0.356 e. The van der Waals surface area contributed by atoms with Crippen LogP contribution < -0.4 is 4.90 Å². The smallest absolute Gasteiger partial charge is 0.356 e. The molecule has 0 aliphatic carbocycles. The van der Waals surface area contributed by atoms with E-state index < -0.39 is 22.7 Å². The monoisotopic (exact) mass is 489 g/mol. The van der Waals surface area contributed by atoms with E-state index >= 15 is 0 Å². The topological polar surface area (TPSA) is 76.5 Å². The number of benzene rings is 1. The number of anilines is 1. The minimum absolute atomic E-state index is 0.204. The van der Waals surface area contributed by atoms with Gasteiger partial charge in [-0.25, -0.2) is 0 Å². The number of aromatic nitrogens is 3. The number of halogens is 4. The summed E-state index contributed by atoms with van der Waals surface area (Å²) in [5.41, 5.74) is 1.08. The molecular formula is C23H19ClF3N5O2. The third-order valence-electron chi connectivity index (χ3n) is 5.33. The van der Waals surface area contributed by atoms with Gasteiger partial charge in [0.15, 0.2) is 5.76 Å². The Labute approximate surface area is 197 Å². The normalized spacial score (nSPS) is 16.9. The Morgan fingerprint density at radius 3 is 2.76 bits per heavy atom. The fourth-order valence-electron chi connectivity index (χ4n) is 3.78. The van der Waals surface area contributed by atoms with E-state index in [1.165, 1.54) is 23.4 Å². The van der Waals surface area contributed by atoms with Crippen LogP contribution in [0.3, 0.4) is 0 Å². The predicted molar refractivity (Wildman–Crippen MR) is 123 cm³/mol. The van der Waals surface area contributed by atoms with Gasteiger partial charge in [0.05, 0.1) is 28.4 Å². The van der Waals surface area contributed by atoms with Crippen LogP contribution in [0.5, 0.6) is 0 Å². The van der Waals surface area contributed by atoms with Crippen LogP contribution in [0.25, 0.3) is 16.9 Å². The number of alkyl halides is 3. The molecule has 0 bridgehead atoms. The van der Waals surface area contributed by atoms with Crippen LogP contribution >= 0.6 is 11.6 Å². The molecule has 0 radical (unpaired) electrons. The van der Waals surface area contributed by atoms with Crippen LogP contribution in [0.1, 0.15) is 41.6 Å². The molecule has 1 atom stereocenters. The zero-order valence-electron chi connectivity index (χ0n) is 18.2. The largest absolute Gasteiger partial charge is 0.417 e. The first kappa shape index (κ1) is 23.5. The summed E-state index contributed by atoms with van der Waals surface area (Å²) in [6, 6.07) is 4.64. The summed E-state index contributed by atoms with van der Waals surface area (Å²) < 4.78 is 46.4. The molecule has 34 heavy (non-hydrogen) atoms. The van der Waals surface area contributed by atoms with Crippen LogP contribution in [-0.2, 0) is 6.18 Å². The zero-order chi connectivity index (χ0) is 24.6. The molecule has 176 valence electrons. The van der Waals surface area contributed by atoms with Crippen molar-refractivity contribution in [2.45, 2.75) is 26.1 Å². The maximum absolute atomic E-state index is 13.4. The summed E-state index contributed by atoms with van der Waals surface area (Å²) in [5.74, 6) is -0.139. The maximum atomic E-state index is 13.4. The van der Waals surface area contributed by atoms with Gasteiger partial charge >= 0.3 is 6.18 Å². The summed E-state index contributed by atoms with van der Waals surface area (Å²) in [4.78, 5) is 18.6. The lowest BCUT2D eigenvalue weighted by Crippen LogP contribution is -2.42. The van der Waals surface area contributed by atoms with E-state index in [1.54, 1.807) is 16.8 Å². The number of hydrogen-bond donors (Lipinski definition) is 0. The summed E-state index contributed by atoms with van der Waals surface area (Å²) in [7, 11) is 0. The Bertz CT molecular complexity index is 1320. The van der Waals surface area contributed by atoms with Gasteiger partial charge in [-0.05, 0) is 38.8 Å². The molecule has 0 spiro atoms. The molecule has 0 fully saturated rings. The number of carbonyl (C=O) groups excluding carboxylic acids is 1. The van der Waals surface area contributed by atoms with Crippen LogP contribution in [0.4, 0.5) is 18.9 Å². The Morgan fingerprint density at radius 1 is 1.35 bits per heavy atom. The van der Waals surface area contributed by atoms with E-state index in [9.17, 15) is 18.0 Å². The lowest BCUT2D eigenvalue weighted by atomic mass is 10.1. The van der Waals surface area contributed by atoms with Crippen LogP contribution in [0.15, 0.2) is 58.3 Å². The average molecular weight is 490 g/mol. The van der Waals surface area contributed by atoms with E-state index in [2.05, 4.69) is 22.0 Å². The molecule has 4 rings (SSSR count). The van der Waals surface area contributed by atoms with E-state index in [-0.39, 0.29) is 24.0 Å². The number of hydrogen-bond acceptors (Lipinski definition) is 5. The fourth-order valence-corrected chi connectivity index (χ4v) is 4.06. The van der Waals surface area contributed by atoms with Gasteiger partial charge in [0.25, 0.3) is 5.91 Å². The molecule has 3 heterocycles. The highest BCUT2D eigenvalue weighted by atomic mass is 35.5. The fraction of sp³-hybridized carbons (Fsp3) is 0.217. The summed E-state index contributed by atoms with van der Waals surface area (Å²) in [5, 5.41) is 7.91. The van der Waals surface area contributed by atoms with E-state index in [4.69, 9.17) is 16.1 Å². The van der Waals surface area contributed by atoms with Gasteiger partial charge in [0.2, 0.25) is 0 Å². The minimum atomic E-state index is -4.59. The molecule has 3 aromatic rings. The van der Waals surface area contributed by atoms with Gasteiger partial charge in [-0.3, -0.25) is 14.5 Å². The maximum Gasteiger partial charge on any atom is 0.417 e. The first-order valence-corrected chi connectivity index (χ1v) is 10.6. The number of carbonyl (C=O) groups is 1. The lowest BCUT2D eigenvalue weighted by molar-refractivity contribution is -0.137. The van der Waals surface area contributed by atoms with Crippen molar-refractivity contribution in [1.29, 1.82) is 0 Å². The van der Waals surface area contributed by atoms with Crippen LogP contribution in [0.2, 0.25) is 5.02 Å². The molecule has 0 unspecified atom stereocenters. The molecule has 1 aromatic carbocycles. The Morgan fingerprint density at radius 2 is 2.12 bits per heavy atom. The number of allylic oxidation sites excluding steroid dienone is 3. The van der Waals surface area contributed by atoms with Crippen molar-refractivity contribution in [1.82, 2.24) is 14.9 Å². The summed E-state index contributed by atoms with van der Waals surface area (Å²) in [6.45, 7) is 7.34. The van der Waals surface area contributed by atoms with Crippen molar-refractivity contribution >= 4 is 35.5 Å². The van der Waals surface area contributed by atoms with Gasteiger partial charge in [0.1, 0.15) is 11.4 Å². The molecule has 7 nitrogen and oxygen atoms in total. The molecular weight excluding hydrogens is 471 g/mol. The van der Waals surface area contributed by atoms with Gasteiger partial charge < -0.3 is 9.42 Å². The van der Waals surface area contributed by atoms with Gasteiger partial charge in [-0.2, -0.15) is 18.3 Å². The number of rotatable bonds is 5. The lowest BCUT2D eigenvalue weighted by Gasteiger charge is -2.32. The van der Waals surface area contributed by atoms with Gasteiger partial charge in [0, 0.05) is 30.1 Å². The SMILES string of the molecule is C=N/C=C(\C=C/C)c1cc(-c2cnn3c2C(=O)N(c2ccc(C(F)(F)F)c(Cl)c2)C[C@@H]3C)on1. The van der Waals surface area contributed by atoms with E-state index in [0.29, 0.717) is 22.6 Å². The number of nitrogens with zero attached hydrogens (tertiary/aromatic N) is 5. The predicted octanol–water partition coefficient (Wildman–Crippen LogP) is 6.05. The second-order valence-electron chi connectivity index (χ2n) is 7.62.